The summed E-state index contributed by atoms with van der Waals surface area (Å²) in [6.45, 7) is 0. The second-order valence-electron chi connectivity index (χ2n) is 0.448. The summed E-state index contributed by atoms with van der Waals surface area (Å²) in [5, 5.41) is 0. The molecule has 0 saturated carbocycles. The first kappa shape index (κ1) is 22.5. The average Bonchev–Trinajstić information content (AvgIpc) is 0.722. The van der Waals surface area contributed by atoms with Crippen LogP contribution >= 0.6 is 0 Å². The Kier molecular flexibility index (Phi) is 24.9. The maximum absolute atomic E-state index is 8.74. The van der Waals surface area contributed by atoms with Crippen molar-refractivity contribution < 1.29 is 83.5 Å². The predicted molar refractivity (Wildman–Crippen MR) is 17.2 cm³/mol. The van der Waals surface area contributed by atoms with Gasteiger partial charge >= 0.3 is 69.5 Å². The fourth-order valence-corrected chi connectivity index (χ4v) is 0. The molecule has 0 bridgehead atoms. The molecule has 5 nitrogen and oxygen atoms in total. The number of rotatable bonds is 0. The minimum atomic E-state index is -4.67. The molecule has 0 fully saturated rings. The molecule has 0 aromatic heterocycles. The van der Waals surface area contributed by atoms with Gasteiger partial charge in [0, 0.05) is 0 Å². The standard InChI is InChI=1S/2Na.H2O4S.H2O.H/c;;1-5(2,3)4;;/h;;(H2,1,2,3,4);1H2;/q2*+1;;;-1/p-1. The van der Waals surface area contributed by atoms with Crippen molar-refractivity contribution in [2.45, 2.75) is 0 Å². The summed E-state index contributed by atoms with van der Waals surface area (Å²) in [6.07, 6.45) is 0. The van der Waals surface area contributed by atoms with Crippen molar-refractivity contribution in [3.05, 3.63) is 0 Å². The number of hydrogen-bond acceptors (Lipinski definition) is 3. The molecule has 0 atom stereocenters. The minimum Gasteiger partial charge on any atom is -1.00 e. The summed E-state index contributed by atoms with van der Waals surface area (Å²) in [6, 6.07) is 0. The molecule has 0 heterocycles. The van der Waals surface area contributed by atoms with E-state index in [2.05, 4.69) is 0 Å². The van der Waals surface area contributed by atoms with Gasteiger partial charge in [-0.25, -0.2) is 0 Å². The van der Waals surface area contributed by atoms with Crippen LogP contribution in [0.25, 0.3) is 0 Å². The Hall–Kier alpha value is 1.83. The molecule has 42 valence electrons. The fraction of sp³-hybridized carbons (Fsp3) is 0. The van der Waals surface area contributed by atoms with E-state index in [4.69, 9.17) is 17.5 Å². The van der Waals surface area contributed by atoms with E-state index < -0.39 is 10.4 Å². The Bertz CT molecular complexity index is 98.1. The van der Waals surface area contributed by atoms with E-state index in [-0.39, 0.29) is 66.0 Å². The molecular weight excluding hydrogens is 158 g/mol. The fourth-order valence-electron chi connectivity index (χ4n) is 0. The maximum atomic E-state index is 8.74. The smallest absolute Gasteiger partial charge is 1.00 e. The monoisotopic (exact) mass is 162 g/mol. The summed E-state index contributed by atoms with van der Waals surface area (Å²) in [5.41, 5.74) is 0. The largest absolute Gasteiger partial charge is 1.00 e. The van der Waals surface area contributed by atoms with Gasteiger partial charge < -0.3 is 6.90 Å². The van der Waals surface area contributed by atoms with Crippen molar-refractivity contribution in [3.63, 3.8) is 0 Å². The van der Waals surface area contributed by atoms with Crippen LogP contribution in [0.5, 0.6) is 0 Å². The summed E-state index contributed by atoms with van der Waals surface area (Å²) in [5.74, 6) is 0. The molecule has 8 heteroatoms. The van der Waals surface area contributed by atoms with Crippen LogP contribution in [0.4, 0.5) is 0 Å². The zero-order valence-corrected chi connectivity index (χ0v) is 9.38. The predicted octanol–water partition coefficient (Wildman–Crippen LogP) is -6.71. The van der Waals surface area contributed by atoms with E-state index >= 15 is 0 Å². The Morgan fingerprint density at radius 3 is 1.12 bits per heavy atom. The van der Waals surface area contributed by atoms with Gasteiger partial charge in [0.2, 0.25) is 0 Å². The molecule has 0 aliphatic heterocycles. The van der Waals surface area contributed by atoms with Crippen LogP contribution in [0.1, 0.15) is 1.43 Å². The van der Waals surface area contributed by atoms with Crippen molar-refractivity contribution in [1.82, 2.24) is 0 Å². The molecule has 0 spiro atoms. The SMILES string of the molecule is O=S(=O)(O)O.[H-].[Na+].[Na+].[OH-]. The van der Waals surface area contributed by atoms with Crippen LogP contribution in [-0.4, -0.2) is 23.0 Å². The van der Waals surface area contributed by atoms with E-state index in [9.17, 15) is 0 Å². The molecule has 0 radical (unpaired) electrons. The van der Waals surface area contributed by atoms with E-state index in [0.717, 1.165) is 0 Å². The average molecular weight is 162 g/mol. The molecular formula is H4Na2O5S. The summed E-state index contributed by atoms with van der Waals surface area (Å²) in [4.78, 5) is 0. The Morgan fingerprint density at radius 1 is 1.12 bits per heavy atom. The second-order valence-corrected chi connectivity index (χ2v) is 1.34. The molecule has 3 N–H and O–H groups in total. The van der Waals surface area contributed by atoms with Gasteiger partial charge in [0.05, 0.1) is 0 Å². The topological polar surface area (TPSA) is 105 Å². The van der Waals surface area contributed by atoms with E-state index in [1.54, 1.807) is 0 Å². The second kappa shape index (κ2) is 8.83. The van der Waals surface area contributed by atoms with Crippen molar-refractivity contribution in [2.24, 2.45) is 0 Å². The van der Waals surface area contributed by atoms with Gasteiger partial charge in [-0.05, 0) is 0 Å². The zero-order valence-electron chi connectivity index (χ0n) is 5.57. The molecule has 8 heavy (non-hydrogen) atoms. The molecule has 0 saturated heterocycles. The van der Waals surface area contributed by atoms with Crippen LogP contribution in [0.2, 0.25) is 0 Å². The van der Waals surface area contributed by atoms with Crippen LogP contribution in [0.3, 0.4) is 0 Å². The minimum absolute atomic E-state index is 0. The van der Waals surface area contributed by atoms with Gasteiger partial charge in [-0.15, -0.1) is 0 Å². The number of hydrogen-bond donors (Lipinski definition) is 2. The van der Waals surface area contributed by atoms with E-state index in [1.165, 1.54) is 0 Å². The van der Waals surface area contributed by atoms with Crippen LogP contribution < -0.4 is 59.1 Å². The van der Waals surface area contributed by atoms with Crippen molar-refractivity contribution in [3.8, 4) is 0 Å². The molecule has 0 amide bonds. The van der Waals surface area contributed by atoms with E-state index in [1.807, 2.05) is 0 Å². The maximum Gasteiger partial charge on any atom is 1.00 e. The van der Waals surface area contributed by atoms with E-state index in [0.29, 0.717) is 0 Å². The van der Waals surface area contributed by atoms with Gasteiger partial charge in [-0.3, -0.25) is 9.11 Å². The summed E-state index contributed by atoms with van der Waals surface area (Å²) in [7, 11) is -4.67. The first-order valence-corrected chi connectivity index (χ1v) is 2.10. The Morgan fingerprint density at radius 2 is 1.12 bits per heavy atom. The molecule has 0 aromatic rings. The van der Waals surface area contributed by atoms with Gasteiger partial charge in [0.25, 0.3) is 0 Å². The van der Waals surface area contributed by atoms with Gasteiger partial charge in [-0.2, -0.15) is 8.42 Å². The molecule has 0 rings (SSSR count). The first-order valence-electron chi connectivity index (χ1n) is 0.698. The molecule has 0 aliphatic rings. The van der Waals surface area contributed by atoms with Gasteiger partial charge in [0.1, 0.15) is 0 Å². The molecule has 0 aliphatic carbocycles. The van der Waals surface area contributed by atoms with Crippen LogP contribution in [0, 0.1) is 0 Å². The summed E-state index contributed by atoms with van der Waals surface area (Å²) >= 11 is 0. The third-order valence-electron chi connectivity index (χ3n) is 0. The van der Waals surface area contributed by atoms with Crippen LogP contribution in [-0.2, 0) is 10.4 Å². The summed E-state index contributed by atoms with van der Waals surface area (Å²) < 4.78 is 31.6. The van der Waals surface area contributed by atoms with Crippen LogP contribution in [0.15, 0.2) is 0 Å². The Balaban J connectivity index is -0.0000000133. The van der Waals surface area contributed by atoms with Gasteiger partial charge in [-0.1, -0.05) is 0 Å². The first-order chi connectivity index (χ1) is 2.00. The van der Waals surface area contributed by atoms with Gasteiger partial charge in [0.15, 0.2) is 0 Å². The molecule has 0 unspecified atom stereocenters. The van der Waals surface area contributed by atoms with Crippen molar-refractivity contribution >= 4 is 10.4 Å². The quantitative estimate of drug-likeness (QED) is 0.272. The third kappa shape index (κ3) is 109. The third-order valence-corrected chi connectivity index (χ3v) is 0. The Labute approximate surface area is 92.8 Å². The molecule has 0 aromatic carbocycles. The normalized spacial score (nSPS) is 7.25. The zero-order chi connectivity index (χ0) is 4.50. The van der Waals surface area contributed by atoms with Crippen molar-refractivity contribution in [1.29, 1.82) is 0 Å². The van der Waals surface area contributed by atoms with Crippen molar-refractivity contribution in [2.75, 3.05) is 0 Å².